The van der Waals surface area contributed by atoms with Crippen LogP contribution in [0.15, 0.2) is 23.2 Å². The molecule has 0 spiro atoms. The number of hydrogen-bond acceptors (Lipinski definition) is 3. The fourth-order valence-corrected chi connectivity index (χ4v) is 4.12. The molecular weight excluding hydrogens is 348 g/mol. The molecule has 1 saturated heterocycles. The molecule has 1 heterocycles. The monoisotopic (exact) mass is 373 g/mol. The van der Waals surface area contributed by atoms with Gasteiger partial charge in [-0.2, -0.15) is 0 Å². The number of sulfone groups is 1. The Morgan fingerprint density at radius 1 is 1.36 bits per heavy atom. The van der Waals surface area contributed by atoms with Gasteiger partial charge in [0, 0.05) is 32.2 Å². The molecule has 1 fully saturated rings. The highest BCUT2D eigenvalue weighted by molar-refractivity contribution is 7.92. The first-order chi connectivity index (χ1) is 11.7. The second-order valence-corrected chi connectivity index (χ2v) is 9.46. The van der Waals surface area contributed by atoms with Crippen LogP contribution in [0.4, 0.5) is 8.78 Å². The van der Waals surface area contributed by atoms with Crippen LogP contribution in [0, 0.1) is 11.6 Å². The molecule has 0 aromatic heterocycles. The summed E-state index contributed by atoms with van der Waals surface area (Å²) in [5.41, 5.74) is 0.405. The molecule has 1 aromatic rings. The summed E-state index contributed by atoms with van der Waals surface area (Å²) in [5.74, 6) is -0.481. The summed E-state index contributed by atoms with van der Waals surface area (Å²) in [7, 11) is -3.13. The first kappa shape index (κ1) is 19.6. The van der Waals surface area contributed by atoms with Crippen LogP contribution in [0.2, 0.25) is 0 Å². The SMILES string of the molecule is CCNC(=NCCc1ccc(F)cc1F)N1CCS(=O)(=O)C(C)(C)C1. The molecule has 2 rings (SSSR count). The van der Waals surface area contributed by atoms with Gasteiger partial charge < -0.3 is 10.2 Å². The smallest absolute Gasteiger partial charge is 0.194 e. The van der Waals surface area contributed by atoms with Crippen LogP contribution >= 0.6 is 0 Å². The van der Waals surface area contributed by atoms with E-state index in [4.69, 9.17) is 0 Å². The van der Waals surface area contributed by atoms with E-state index < -0.39 is 26.2 Å². The van der Waals surface area contributed by atoms with Crippen molar-refractivity contribution in [2.75, 3.05) is 31.9 Å². The van der Waals surface area contributed by atoms with Crippen LogP contribution in [-0.2, 0) is 16.3 Å². The lowest BCUT2D eigenvalue weighted by Gasteiger charge is -2.39. The average molecular weight is 373 g/mol. The first-order valence-corrected chi connectivity index (χ1v) is 10.0. The predicted octanol–water partition coefficient (Wildman–Crippen LogP) is 1.98. The molecule has 0 unspecified atom stereocenters. The summed E-state index contributed by atoms with van der Waals surface area (Å²) in [4.78, 5) is 6.41. The van der Waals surface area contributed by atoms with Gasteiger partial charge in [0.2, 0.25) is 0 Å². The van der Waals surface area contributed by atoms with Crippen LogP contribution in [0.5, 0.6) is 0 Å². The van der Waals surface area contributed by atoms with Crippen LogP contribution < -0.4 is 5.32 Å². The van der Waals surface area contributed by atoms with Crippen LogP contribution in [0.1, 0.15) is 26.3 Å². The third-order valence-electron chi connectivity index (χ3n) is 4.34. The standard InChI is InChI=1S/C17H25F2N3O2S/c1-4-20-16(22-9-10-25(23,24)17(2,3)12-22)21-8-7-13-5-6-14(18)11-15(13)19/h5-6,11H,4,7-10,12H2,1-3H3,(H,20,21). The number of guanidine groups is 1. The van der Waals surface area contributed by atoms with E-state index in [2.05, 4.69) is 10.3 Å². The van der Waals surface area contributed by atoms with E-state index in [1.165, 1.54) is 12.1 Å². The van der Waals surface area contributed by atoms with E-state index in [1.807, 2.05) is 11.8 Å². The maximum absolute atomic E-state index is 13.7. The van der Waals surface area contributed by atoms with Crippen molar-refractivity contribution in [1.29, 1.82) is 0 Å². The van der Waals surface area contributed by atoms with E-state index in [0.717, 1.165) is 6.07 Å². The summed E-state index contributed by atoms with van der Waals surface area (Å²) in [6.45, 7) is 7.06. The van der Waals surface area contributed by atoms with Gasteiger partial charge in [0.15, 0.2) is 15.8 Å². The normalized spacial score (nSPS) is 19.7. The molecule has 25 heavy (non-hydrogen) atoms. The van der Waals surface area contributed by atoms with Gasteiger partial charge in [-0.05, 0) is 38.8 Å². The van der Waals surface area contributed by atoms with Gasteiger partial charge in [-0.3, -0.25) is 4.99 Å². The molecule has 0 radical (unpaired) electrons. The van der Waals surface area contributed by atoms with Gasteiger partial charge in [-0.1, -0.05) is 6.07 Å². The minimum absolute atomic E-state index is 0.0804. The lowest BCUT2D eigenvalue weighted by molar-refractivity contribution is 0.353. The Labute approximate surface area is 148 Å². The number of hydrogen-bond donors (Lipinski definition) is 1. The average Bonchev–Trinajstić information content (AvgIpc) is 2.51. The molecule has 1 aliphatic heterocycles. The second-order valence-electron chi connectivity index (χ2n) is 6.72. The minimum Gasteiger partial charge on any atom is -0.357 e. The Balaban J connectivity index is 2.08. The van der Waals surface area contributed by atoms with E-state index in [9.17, 15) is 17.2 Å². The summed E-state index contributed by atoms with van der Waals surface area (Å²) in [5, 5.41) is 3.15. The van der Waals surface area contributed by atoms with Gasteiger partial charge in [-0.15, -0.1) is 0 Å². The minimum atomic E-state index is -3.13. The summed E-state index contributed by atoms with van der Waals surface area (Å²) >= 11 is 0. The largest absolute Gasteiger partial charge is 0.357 e. The molecule has 0 aliphatic carbocycles. The van der Waals surface area contributed by atoms with E-state index in [0.29, 0.717) is 44.1 Å². The topological polar surface area (TPSA) is 61.8 Å². The Bertz CT molecular complexity index is 748. The van der Waals surface area contributed by atoms with Crippen molar-refractivity contribution in [2.45, 2.75) is 31.9 Å². The van der Waals surface area contributed by atoms with E-state index in [-0.39, 0.29) is 5.75 Å². The number of benzene rings is 1. The quantitative estimate of drug-likeness (QED) is 0.648. The van der Waals surface area contributed by atoms with Crippen molar-refractivity contribution >= 4 is 15.8 Å². The molecule has 0 saturated carbocycles. The Kier molecular flexibility index (Phi) is 6.03. The molecule has 8 heteroatoms. The molecule has 1 N–H and O–H groups in total. The highest BCUT2D eigenvalue weighted by Gasteiger charge is 2.40. The summed E-state index contributed by atoms with van der Waals surface area (Å²) in [6.07, 6.45) is 0.344. The number of aliphatic imine (C=N–C) groups is 1. The zero-order valence-corrected chi connectivity index (χ0v) is 15.7. The van der Waals surface area contributed by atoms with Gasteiger partial charge in [-0.25, -0.2) is 17.2 Å². The number of nitrogens with one attached hydrogen (secondary N) is 1. The highest BCUT2D eigenvalue weighted by atomic mass is 32.2. The molecule has 1 aromatic carbocycles. The molecule has 5 nitrogen and oxygen atoms in total. The van der Waals surface area contributed by atoms with Crippen LogP contribution in [0.25, 0.3) is 0 Å². The maximum Gasteiger partial charge on any atom is 0.194 e. The zero-order valence-electron chi connectivity index (χ0n) is 14.8. The van der Waals surface area contributed by atoms with E-state index >= 15 is 0 Å². The van der Waals surface area contributed by atoms with Crippen LogP contribution in [0.3, 0.4) is 0 Å². The Morgan fingerprint density at radius 2 is 2.08 bits per heavy atom. The molecule has 0 amide bonds. The Hall–Kier alpha value is -1.70. The fourth-order valence-electron chi connectivity index (χ4n) is 2.76. The van der Waals surface area contributed by atoms with Crippen molar-refractivity contribution in [3.8, 4) is 0 Å². The van der Waals surface area contributed by atoms with Crippen molar-refractivity contribution in [2.24, 2.45) is 4.99 Å². The number of nitrogens with zero attached hydrogens (tertiary/aromatic N) is 2. The summed E-state index contributed by atoms with van der Waals surface area (Å²) < 4.78 is 50.1. The van der Waals surface area contributed by atoms with Gasteiger partial charge in [0.25, 0.3) is 0 Å². The third-order valence-corrected chi connectivity index (χ3v) is 6.87. The third kappa shape index (κ3) is 4.68. The fraction of sp³-hybridized carbons (Fsp3) is 0.588. The number of rotatable bonds is 4. The summed E-state index contributed by atoms with van der Waals surface area (Å²) in [6, 6.07) is 3.51. The van der Waals surface area contributed by atoms with Gasteiger partial charge in [0.1, 0.15) is 11.6 Å². The molecule has 0 bridgehead atoms. The van der Waals surface area contributed by atoms with Crippen molar-refractivity contribution in [1.82, 2.24) is 10.2 Å². The second kappa shape index (κ2) is 7.68. The van der Waals surface area contributed by atoms with E-state index in [1.54, 1.807) is 13.8 Å². The lowest BCUT2D eigenvalue weighted by Crippen LogP contribution is -2.57. The van der Waals surface area contributed by atoms with Crippen molar-refractivity contribution in [3.05, 3.63) is 35.4 Å². The van der Waals surface area contributed by atoms with Crippen LogP contribution in [-0.4, -0.2) is 56.0 Å². The van der Waals surface area contributed by atoms with Gasteiger partial charge in [0.05, 0.1) is 10.5 Å². The number of halogens is 2. The maximum atomic E-state index is 13.7. The predicted molar refractivity (Wildman–Crippen MR) is 95.5 cm³/mol. The highest BCUT2D eigenvalue weighted by Crippen LogP contribution is 2.23. The lowest BCUT2D eigenvalue weighted by atomic mass is 10.1. The first-order valence-electron chi connectivity index (χ1n) is 8.36. The zero-order chi connectivity index (χ0) is 18.7. The molecule has 140 valence electrons. The van der Waals surface area contributed by atoms with Crippen molar-refractivity contribution < 1.29 is 17.2 Å². The molecule has 0 atom stereocenters. The Morgan fingerprint density at radius 3 is 2.68 bits per heavy atom. The molecule has 1 aliphatic rings. The van der Waals surface area contributed by atoms with Gasteiger partial charge >= 0.3 is 0 Å². The molecular formula is C17H25F2N3O2S. The van der Waals surface area contributed by atoms with Crippen molar-refractivity contribution in [3.63, 3.8) is 0 Å².